The molecule has 120 valence electrons. The van der Waals surface area contributed by atoms with E-state index >= 15 is 0 Å². The smallest absolute Gasteiger partial charge is 0.231 e. The summed E-state index contributed by atoms with van der Waals surface area (Å²) in [5.41, 5.74) is 0.593. The van der Waals surface area contributed by atoms with Gasteiger partial charge in [0.05, 0.1) is 5.92 Å². The number of hydrogen-bond acceptors (Lipinski definition) is 5. The second kappa shape index (κ2) is 6.41. The van der Waals surface area contributed by atoms with Gasteiger partial charge in [-0.2, -0.15) is 0 Å². The van der Waals surface area contributed by atoms with Crippen molar-refractivity contribution < 1.29 is 14.0 Å². The predicted molar refractivity (Wildman–Crippen MR) is 84.8 cm³/mol. The summed E-state index contributed by atoms with van der Waals surface area (Å²) in [5.74, 6) is -1.22. The molecule has 1 aliphatic rings. The van der Waals surface area contributed by atoms with Gasteiger partial charge in [-0.3, -0.25) is 9.59 Å². The fraction of sp³-hybridized carbons (Fsp3) is 0.333. The van der Waals surface area contributed by atoms with E-state index in [9.17, 15) is 14.0 Å². The zero-order valence-electron chi connectivity index (χ0n) is 12.5. The van der Waals surface area contributed by atoms with Crippen LogP contribution in [0.1, 0.15) is 18.4 Å². The van der Waals surface area contributed by atoms with E-state index in [1.807, 2.05) is 6.92 Å². The lowest BCUT2D eigenvalue weighted by molar-refractivity contribution is -0.122. The Morgan fingerprint density at radius 2 is 2.13 bits per heavy atom. The largest absolute Gasteiger partial charge is 0.312 e. The van der Waals surface area contributed by atoms with Crippen molar-refractivity contribution >= 4 is 34.0 Å². The zero-order chi connectivity index (χ0) is 16.4. The van der Waals surface area contributed by atoms with Crippen molar-refractivity contribution in [2.24, 2.45) is 5.92 Å². The molecule has 0 bridgehead atoms. The van der Waals surface area contributed by atoms with E-state index in [1.165, 1.54) is 40.5 Å². The first kappa shape index (κ1) is 15.5. The normalized spacial score (nSPS) is 17.6. The number of hydrogen-bond donors (Lipinski definition) is 1. The number of amides is 2. The molecule has 6 nitrogen and oxygen atoms in total. The molecule has 0 spiro atoms. The van der Waals surface area contributed by atoms with Gasteiger partial charge in [0.15, 0.2) is 0 Å². The van der Waals surface area contributed by atoms with Crippen molar-refractivity contribution in [3.05, 3.63) is 35.1 Å². The summed E-state index contributed by atoms with van der Waals surface area (Å²) in [5, 5.41) is 11.8. The zero-order valence-corrected chi connectivity index (χ0v) is 13.3. The van der Waals surface area contributed by atoms with Gasteiger partial charge in [-0.25, -0.2) is 4.39 Å². The van der Waals surface area contributed by atoms with Gasteiger partial charge in [0.2, 0.25) is 16.9 Å². The number of carbonyl (C=O) groups is 2. The van der Waals surface area contributed by atoms with Gasteiger partial charge in [0.1, 0.15) is 10.8 Å². The Hall–Kier alpha value is -2.35. The van der Waals surface area contributed by atoms with Crippen molar-refractivity contribution in [1.29, 1.82) is 0 Å². The third-order valence-corrected chi connectivity index (χ3v) is 4.62. The molecular weight excluding hydrogens is 319 g/mol. The molecule has 3 rings (SSSR count). The number of rotatable bonds is 4. The summed E-state index contributed by atoms with van der Waals surface area (Å²) in [6.07, 6.45) is 0.885. The number of anilines is 2. The molecule has 1 aromatic heterocycles. The molecule has 1 N–H and O–H groups in total. The summed E-state index contributed by atoms with van der Waals surface area (Å²) in [4.78, 5) is 25.9. The molecule has 0 aliphatic carbocycles. The van der Waals surface area contributed by atoms with Crippen molar-refractivity contribution in [3.8, 4) is 0 Å². The maximum absolute atomic E-state index is 13.0. The number of carbonyl (C=O) groups excluding carboxylic acids is 2. The highest BCUT2D eigenvalue weighted by Crippen LogP contribution is 2.26. The Labute approximate surface area is 136 Å². The van der Waals surface area contributed by atoms with Crippen molar-refractivity contribution in [2.75, 3.05) is 16.8 Å². The topological polar surface area (TPSA) is 75.2 Å². The highest BCUT2D eigenvalue weighted by molar-refractivity contribution is 7.15. The maximum Gasteiger partial charge on any atom is 0.231 e. The summed E-state index contributed by atoms with van der Waals surface area (Å²) in [6.45, 7) is 2.23. The van der Waals surface area contributed by atoms with Crippen LogP contribution in [-0.2, 0) is 16.0 Å². The fourth-order valence-corrected chi connectivity index (χ4v) is 3.09. The van der Waals surface area contributed by atoms with Crippen molar-refractivity contribution in [2.45, 2.75) is 19.8 Å². The predicted octanol–water partition coefficient (Wildman–Crippen LogP) is 2.23. The van der Waals surface area contributed by atoms with Crippen molar-refractivity contribution in [1.82, 2.24) is 10.2 Å². The fourth-order valence-electron chi connectivity index (χ4n) is 2.41. The van der Waals surface area contributed by atoms with E-state index in [0.29, 0.717) is 10.8 Å². The van der Waals surface area contributed by atoms with Gasteiger partial charge in [-0.1, -0.05) is 18.3 Å². The third-order valence-electron chi connectivity index (χ3n) is 3.63. The molecule has 23 heavy (non-hydrogen) atoms. The average molecular weight is 334 g/mol. The number of nitrogens with zero attached hydrogens (tertiary/aromatic N) is 3. The van der Waals surface area contributed by atoms with Crippen LogP contribution in [0.5, 0.6) is 0 Å². The van der Waals surface area contributed by atoms with Crippen LogP contribution >= 0.6 is 11.3 Å². The van der Waals surface area contributed by atoms with E-state index in [2.05, 4.69) is 15.5 Å². The Morgan fingerprint density at radius 3 is 2.78 bits per heavy atom. The maximum atomic E-state index is 13.0. The number of nitrogens with one attached hydrogen (secondary N) is 1. The van der Waals surface area contributed by atoms with Crippen LogP contribution in [0.2, 0.25) is 0 Å². The van der Waals surface area contributed by atoms with E-state index in [4.69, 9.17) is 0 Å². The van der Waals surface area contributed by atoms with Gasteiger partial charge < -0.3 is 10.2 Å². The molecule has 1 aliphatic heterocycles. The minimum atomic E-state index is -0.457. The minimum Gasteiger partial charge on any atom is -0.312 e. The third kappa shape index (κ3) is 3.37. The van der Waals surface area contributed by atoms with E-state index in [0.717, 1.165) is 11.4 Å². The molecule has 2 aromatic rings. The lowest BCUT2D eigenvalue weighted by atomic mass is 10.1. The van der Waals surface area contributed by atoms with E-state index < -0.39 is 5.92 Å². The second-order valence-electron chi connectivity index (χ2n) is 5.23. The Bertz CT molecular complexity index is 731. The molecule has 2 heterocycles. The first-order chi connectivity index (χ1) is 11.1. The molecule has 1 saturated heterocycles. The van der Waals surface area contributed by atoms with Crippen LogP contribution in [-0.4, -0.2) is 28.6 Å². The van der Waals surface area contributed by atoms with Crippen LogP contribution in [0.15, 0.2) is 24.3 Å². The van der Waals surface area contributed by atoms with Gasteiger partial charge in [-0.15, -0.1) is 10.2 Å². The molecule has 8 heteroatoms. The monoisotopic (exact) mass is 334 g/mol. The van der Waals surface area contributed by atoms with Crippen LogP contribution in [0.25, 0.3) is 0 Å². The molecule has 1 fully saturated rings. The summed E-state index contributed by atoms with van der Waals surface area (Å²) in [6, 6.07) is 5.66. The first-order valence-electron chi connectivity index (χ1n) is 7.26. The summed E-state index contributed by atoms with van der Waals surface area (Å²) >= 11 is 1.33. The van der Waals surface area contributed by atoms with Gasteiger partial charge in [0, 0.05) is 18.7 Å². The molecule has 0 unspecified atom stereocenters. The van der Waals surface area contributed by atoms with Gasteiger partial charge >= 0.3 is 0 Å². The first-order valence-corrected chi connectivity index (χ1v) is 8.07. The quantitative estimate of drug-likeness (QED) is 0.930. The molecule has 0 saturated carbocycles. The minimum absolute atomic E-state index is 0.128. The van der Waals surface area contributed by atoms with Gasteiger partial charge in [-0.05, 0) is 30.7 Å². The van der Waals surface area contributed by atoms with Crippen molar-refractivity contribution in [3.63, 3.8) is 0 Å². The Balaban J connectivity index is 1.66. The Kier molecular flexibility index (Phi) is 4.33. The van der Waals surface area contributed by atoms with E-state index in [-0.39, 0.29) is 30.6 Å². The second-order valence-corrected chi connectivity index (χ2v) is 6.29. The summed E-state index contributed by atoms with van der Waals surface area (Å²) < 4.78 is 13.0. The number of aryl methyl sites for hydroxylation is 1. The molecule has 0 radical (unpaired) electrons. The molecule has 1 atom stereocenters. The van der Waals surface area contributed by atoms with Crippen LogP contribution in [0.4, 0.5) is 15.2 Å². The number of halogens is 1. The lowest BCUT2D eigenvalue weighted by Crippen LogP contribution is -2.28. The summed E-state index contributed by atoms with van der Waals surface area (Å²) in [7, 11) is 0. The average Bonchev–Trinajstić information content (AvgIpc) is 3.15. The molecule has 1 aromatic carbocycles. The van der Waals surface area contributed by atoms with E-state index in [1.54, 1.807) is 0 Å². The highest BCUT2D eigenvalue weighted by Gasteiger charge is 2.35. The van der Waals surface area contributed by atoms with Crippen LogP contribution in [0.3, 0.4) is 0 Å². The standard InChI is InChI=1S/C15H15FN4O2S/c1-2-12-18-19-15(23-12)17-14(22)9-7-13(21)20(8-9)11-5-3-10(16)4-6-11/h3-6,9H,2,7-8H2,1H3,(H,17,19,22)/t9-/m1/s1. The molecule has 2 amide bonds. The number of benzene rings is 1. The van der Waals surface area contributed by atoms with Crippen LogP contribution in [0, 0.1) is 11.7 Å². The molecular formula is C15H15FN4O2S. The van der Waals surface area contributed by atoms with Crippen LogP contribution < -0.4 is 10.2 Å². The van der Waals surface area contributed by atoms with Gasteiger partial charge in [0.25, 0.3) is 0 Å². The Morgan fingerprint density at radius 1 is 1.39 bits per heavy atom. The SMILES string of the molecule is CCc1nnc(NC(=O)[C@@H]2CC(=O)N(c3ccc(F)cc3)C2)s1. The lowest BCUT2D eigenvalue weighted by Gasteiger charge is -2.16. The number of aromatic nitrogens is 2. The highest BCUT2D eigenvalue weighted by atomic mass is 32.1.